The number of carbonyl (C=O) groups is 1. The van der Waals surface area contributed by atoms with E-state index in [0.717, 1.165) is 35.0 Å². The largest absolute Gasteiger partial charge is 0.465 e. The topological polar surface area (TPSA) is 52.1 Å². The molecule has 124 valence electrons. The molecule has 1 aliphatic rings. The van der Waals surface area contributed by atoms with Gasteiger partial charge in [-0.05, 0) is 44.1 Å². The summed E-state index contributed by atoms with van der Waals surface area (Å²) in [6.07, 6.45) is 5.89. The van der Waals surface area contributed by atoms with Crippen molar-refractivity contribution >= 4 is 39.3 Å². The van der Waals surface area contributed by atoms with Crippen LogP contribution >= 0.6 is 23.1 Å². The summed E-state index contributed by atoms with van der Waals surface area (Å²) in [7, 11) is 0. The lowest BCUT2D eigenvalue weighted by Gasteiger charge is -2.18. The highest BCUT2D eigenvalue weighted by Gasteiger charge is 2.25. The molecule has 0 amide bonds. The van der Waals surface area contributed by atoms with Gasteiger partial charge in [-0.1, -0.05) is 25.6 Å². The van der Waals surface area contributed by atoms with E-state index in [4.69, 9.17) is 4.74 Å². The molecule has 1 aliphatic carbocycles. The standard InChI is InChI=1S/C17H22N2O2S2/c1-4-7-21-17(20)11(3)22-15-14-12-6-5-10(2)8-13(12)23-16(14)19-9-18-15/h9-11H,4-8H2,1-3H3/t10-,11+/m1/s1. The van der Waals surface area contributed by atoms with Gasteiger partial charge in [0, 0.05) is 10.3 Å². The lowest BCUT2D eigenvalue weighted by atomic mass is 9.89. The van der Waals surface area contributed by atoms with Crippen LogP contribution in [0.4, 0.5) is 0 Å². The van der Waals surface area contributed by atoms with Gasteiger partial charge in [0.2, 0.25) is 0 Å². The number of ether oxygens (including phenoxy) is 1. The molecular weight excluding hydrogens is 328 g/mol. The molecule has 3 rings (SSSR count). The van der Waals surface area contributed by atoms with E-state index in [0.29, 0.717) is 6.61 Å². The number of hydrogen-bond donors (Lipinski definition) is 0. The SMILES string of the molecule is CCCOC(=O)[C@H](C)Sc1ncnc2sc3c(c12)CC[C@@H](C)C3. The van der Waals surface area contributed by atoms with Crippen molar-refractivity contribution < 1.29 is 9.53 Å². The summed E-state index contributed by atoms with van der Waals surface area (Å²) in [6, 6.07) is 0. The first-order valence-electron chi connectivity index (χ1n) is 8.18. The molecule has 0 aromatic carbocycles. The Bertz CT molecular complexity index is 714. The van der Waals surface area contributed by atoms with Crippen molar-refractivity contribution in [2.75, 3.05) is 6.61 Å². The summed E-state index contributed by atoms with van der Waals surface area (Å²) >= 11 is 3.28. The van der Waals surface area contributed by atoms with E-state index in [-0.39, 0.29) is 11.2 Å². The molecule has 0 aliphatic heterocycles. The molecule has 0 fully saturated rings. The van der Waals surface area contributed by atoms with Gasteiger partial charge in [-0.25, -0.2) is 9.97 Å². The highest BCUT2D eigenvalue weighted by molar-refractivity contribution is 8.00. The summed E-state index contributed by atoms with van der Waals surface area (Å²) in [5.41, 5.74) is 1.40. The minimum atomic E-state index is -0.252. The van der Waals surface area contributed by atoms with Crippen molar-refractivity contribution in [3.63, 3.8) is 0 Å². The second kappa shape index (κ2) is 7.18. The number of esters is 1. The molecule has 6 heteroatoms. The Morgan fingerprint density at radius 2 is 2.35 bits per heavy atom. The normalized spacial score (nSPS) is 18.7. The maximum absolute atomic E-state index is 12.0. The number of thiophene rings is 1. The summed E-state index contributed by atoms with van der Waals surface area (Å²) in [5, 5.41) is 1.83. The second-order valence-electron chi connectivity index (χ2n) is 6.14. The maximum Gasteiger partial charge on any atom is 0.319 e. The molecule has 23 heavy (non-hydrogen) atoms. The molecule has 2 aromatic heterocycles. The van der Waals surface area contributed by atoms with Crippen molar-refractivity contribution in [3.05, 3.63) is 16.8 Å². The zero-order valence-electron chi connectivity index (χ0n) is 13.8. The maximum atomic E-state index is 12.0. The minimum absolute atomic E-state index is 0.165. The van der Waals surface area contributed by atoms with E-state index in [2.05, 4.69) is 16.9 Å². The molecular formula is C17H22N2O2S2. The summed E-state index contributed by atoms with van der Waals surface area (Å²) < 4.78 is 5.24. The first kappa shape index (κ1) is 16.7. The zero-order valence-corrected chi connectivity index (χ0v) is 15.4. The van der Waals surface area contributed by atoms with E-state index in [1.165, 1.54) is 34.0 Å². The fourth-order valence-electron chi connectivity index (χ4n) is 2.87. The number of rotatable bonds is 5. The van der Waals surface area contributed by atoms with Gasteiger partial charge in [0.15, 0.2) is 0 Å². The summed E-state index contributed by atoms with van der Waals surface area (Å²) in [5.74, 6) is 0.573. The van der Waals surface area contributed by atoms with Crippen molar-refractivity contribution in [1.29, 1.82) is 0 Å². The minimum Gasteiger partial charge on any atom is -0.465 e. The third kappa shape index (κ3) is 3.53. The lowest BCUT2D eigenvalue weighted by Crippen LogP contribution is -2.17. The number of aryl methyl sites for hydroxylation is 1. The molecule has 2 atom stereocenters. The van der Waals surface area contributed by atoms with Crippen LogP contribution in [0, 0.1) is 5.92 Å². The van der Waals surface area contributed by atoms with Crippen LogP contribution in [0.3, 0.4) is 0 Å². The highest BCUT2D eigenvalue weighted by Crippen LogP contribution is 2.41. The smallest absolute Gasteiger partial charge is 0.319 e. The molecule has 0 bridgehead atoms. The molecule has 2 heterocycles. The summed E-state index contributed by atoms with van der Waals surface area (Å²) in [6.45, 7) is 6.67. The van der Waals surface area contributed by atoms with Crippen LogP contribution in [0.2, 0.25) is 0 Å². The van der Waals surface area contributed by atoms with Gasteiger partial charge in [0.25, 0.3) is 0 Å². The van der Waals surface area contributed by atoms with Gasteiger partial charge >= 0.3 is 5.97 Å². The average molecular weight is 351 g/mol. The van der Waals surface area contributed by atoms with Crippen molar-refractivity contribution in [2.45, 2.75) is 56.7 Å². The number of fused-ring (bicyclic) bond motifs is 3. The van der Waals surface area contributed by atoms with Crippen LogP contribution in [0.15, 0.2) is 11.4 Å². The molecule has 0 saturated heterocycles. The number of hydrogen-bond acceptors (Lipinski definition) is 6. The first-order valence-corrected chi connectivity index (χ1v) is 9.88. The number of thioether (sulfide) groups is 1. The zero-order chi connectivity index (χ0) is 16.4. The van der Waals surface area contributed by atoms with Crippen LogP contribution in [0.25, 0.3) is 10.2 Å². The number of aromatic nitrogens is 2. The van der Waals surface area contributed by atoms with E-state index < -0.39 is 0 Å². The van der Waals surface area contributed by atoms with Crippen LogP contribution in [0.1, 0.15) is 44.1 Å². The Kier molecular flexibility index (Phi) is 5.21. The highest BCUT2D eigenvalue weighted by atomic mass is 32.2. The third-order valence-corrected chi connectivity index (χ3v) is 6.37. The molecule has 0 N–H and O–H groups in total. The second-order valence-corrected chi connectivity index (χ2v) is 8.55. The van der Waals surface area contributed by atoms with Crippen molar-refractivity contribution in [3.8, 4) is 0 Å². The van der Waals surface area contributed by atoms with Crippen LogP contribution in [0.5, 0.6) is 0 Å². The van der Waals surface area contributed by atoms with Gasteiger partial charge in [0.05, 0.1) is 6.61 Å². The van der Waals surface area contributed by atoms with Gasteiger partial charge < -0.3 is 4.74 Å². The molecule has 0 radical (unpaired) electrons. The Morgan fingerprint density at radius 1 is 1.52 bits per heavy atom. The van der Waals surface area contributed by atoms with Gasteiger partial charge in [-0.15, -0.1) is 11.3 Å². The van der Waals surface area contributed by atoms with Gasteiger partial charge in [0.1, 0.15) is 21.4 Å². The van der Waals surface area contributed by atoms with Gasteiger partial charge in [-0.3, -0.25) is 4.79 Å². The quantitative estimate of drug-likeness (QED) is 0.458. The predicted molar refractivity (Wildman–Crippen MR) is 95.2 cm³/mol. The molecule has 0 unspecified atom stereocenters. The number of nitrogens with zero attached hydrogens (tertiary/aromatic N) is 2. The Hall–Kier alpha value is -1.14. The summed E-state index contributed by atoms with van der Waals surface area (Å²) in [4.78, 5) is 23.4. The lowest BCUT2D eigenvalue weighted by molar-refractivity contribution is -0.142. The Balaban J connectivity index is 1.88. The monoisotopic (exact) mass is 350 g/mol. The molecule has 2 aromatic rings. The molecule has 0 saturated carbocycles. The predicted octanol–water partition coefficient (Wildman–Crippen LogP) is 4.25. The van der Waals surface area contributed by atoms with Gasteiger partial charge in [-0.2, -0.15) is 0 Å². The third-order valence-electron chi connectivity index (χ3n) is 4.13. The first-order chi connectivity index (χ1) is 11.1. The molecule has 0 spiro atoms. The van der Waals surface area contributed by atoms with E-state index in [1.54, 1.807) is 17.7 Å². The van der Waals surface area contributed by atoms with Crippen LogP contribution in [-0.4, -0.2) is 27.8 Å². The number of carbonyl (C=O) groups excluding carboxylic acids is 1. The Morgan fingerprint density at radius 3 is 3.13 bits per heavy atom. The fraction of sp³-hybridized carbons (Fsp3) is 0.588. The van der Waals surface area contributed by atoms with E-state index in [1.807, 2.05) is 13.8 Å². The van der Waals surface area contributed by atoms with Crippen LogP contribution in [-0.2, 0) is 22.4 Å². The Labute approximate surface area is 145 Å². The van der Waals surface area contributed by atoms with Crippen molar-refractivity contribution in [1.82, 2.24) is 9.97 Å². The van der Waals surface area contributed by atoms with E-state index in [9.17, 15) is 4.79 Å². The molecule has 4 nitrogen and oxygen atoms in total. The van der Waals surface area contributed by atoms with Crippen molar-refractivity contribution in [2.24, 2.45) is 5.92 Å². The van der Waals surface area contributed by atoms with E-state index >= 15 is 0 Å². The van der Waals surface area contributed by atoms with Crippen LogP contribution < -0.4 is 0 Å². The fourth-order valence-corrected chi connectivity index (χ4v) is 5.23. The average Bonchev–Trinajstić information content (AvgIpc) is 2.90.